The molecular weight excluding hydrogens is 274 g/mol. The predicted octanol–water partition coefficient (Wildman–Crippen LogP) is 4.09. The van der Waals surface area contributed by atoms with Gasteiger partial charge in [0.2, 0.25) is 0 Å². The van der Waals surface area contributed by atoms with E-state index in [0.29, 0.717) is 17.2 Å². The first-order valence-electron chi connectivity index (χ1n) is 7.55. The van der Waals surface area contributed by atoms with Gasteiger partial charge >= 0.3 is 0 Å². The van der Waals surface area contributed by atoms with E-state index >= 15 is 0 Å². The van der Waals surface area contributed by atoms with Crippen molar-refractivity contribution in [1.82, 2.24) is 5.32 Å². The summed E-state index contributed by atoms with van der Waals surface area (Å²) in [6.45, 7) is 1.06. The molecule has 2 aliphatic rings. The largest absolute Gasteiger partial charge is 0.493 e. The Morgan fingerprint density at radius 1 is 1.15 bits per heavy atom. The first kappa shape index (κ1) is 14.0. The molecule has 4 heteroatoms. The van der Waals surface area contributed by atoms with Gasteiger partial charge in [-0.1, -0.05) is 11.6 Å². The van der Waals surface area contributed by atoms with E-state index in [9.17, 15) is 0 Å². The first-order chi connectivity index (χ1) is 9.78. The lowest BCUT2D eigenvalue weighted by Gasteiger charge is -2.22. The summed E-state index contributed by atoms with van der Waals surface area (Å²) in [6.07, 6.45) is 7.46. The summed E-state index contributed by atoms with van der Waals surface area (Å²) in [5.74, 6) is 1.65. The number of rotatable bonds is 4. The van der Waals surface area contributed by atoms with Crippen molar-refractivity contribution in [2.24, 2.45) is 0 Å². The molecule has 0 aromatic heterocycles. The zero-order chi connectivity index (χ0) is 13.9. The van der Waals surface area contributed by atoms with Crippen LogP contribution in [0.5, 0.6) is 11.5 Å². The van der Waals surface area contributed by atoms with Crippen LogP contribution in [0.3, 0.4) is 0 Å². The molecule has 1 aliphatic carbocycles. The minimum absolute atomic E-state index is 0.324. The topological polar surface area (TPSA) is 30.5 Å². The van der Waals surface area contributed by atoms with Crippen LogP contribution in [0, 0.1) is 0 Å². The fraction of sp³-hybridized carbons (Fsp3) is 0.625. The van der Waals surface area contributed by atoms with Crippen molar-refractivity contribution in [3.63, 3.8) is 0 Å². The monoisotopic (exact) mass is 295 g/mol. The van der Waals surface area contributed by atoms with Gasteiger partial charge in [0, 0.05) is 22.7 Å². The SMILES string of the molecule is COc1cc(Cl)cc(C2CCCN2)c1OC1CCCC1. The van der Waals surface area contributed by atoms with Crippen LogP contribution in [0.4, 0.5) is 0 Å². The Balaban J connectivity index is 1.94. The Hall–Kier alpha value is -0.930. The van der Waals surface area contributed by atoms with E-state index in [-0.39, 0.29) is 0 Å². The molecule has 1 N–H and O–H groups in total. The quantitative estimate of drug-likeness (QED) is 0.907. The molecule has 1 aromatic carbocycles. The molecule has 20 heavy (non-hydrogen) atoms. The van der Waals surface area contributed by atoms with E-state index in [1.807, 2.05) is 12.1 Å². The molecule has 1 heterocycles. The van der Waals surface area contributed by atoms with Gasteiger partial charge in [0.1, 0.15) is 0 Å². The van der Waals surface area contributed by atoms with Crippen molar-refractivity contribution in [3.8, 4) is 11.5 Å². The lowest BCUT2D eigenvalue weighted by molar-refractivity contribution is 0.197. The standard InChI is InChI=1S/C16H22ClNO2/c1-19-15-10-11(17)9-13(14-7-4-8-18-14)16(15)20-12-5-2-3-6-12/h9-10,12,14,18H,2-8H2,1H3. The lowest BCUT2D eigenvalue weighted by atomic mass is 10.0. The molecule has 0 spiro atoms. The number of hydrogen-bond donors (Lipinski definition) is 1. The van der Waals surface area contributed by atoms with E-state index in [0.717, 1.165) is 42.9 Å². The molecule has 0 amide bonds. The Labute approximate surface area is 125 Å². The van der Waals surface area contributed by atoms with Crippen LogP contribution < -0.4 is 14.8 Å². The number of methoxy groups -OCH3 is 1. The van der Waals surface area contributed by atoms with Crippen LogP contribution in [0.1, 0.15) is 50.1 Å². The first-order valence-corrected chi connectivity index (χ1v) is 7.93. The van der Waals surface area contributed by atoms with E-state index in [2.05, 4.69) is 5.32 Å². The van der Waals surface area contributed by atoms with Gasteiger partial charge in [-0.2, -0.15) is 0 Å². The third kappa shape index (κ3) is 2.89. The number of benzene rings is 1. The van der Waals surface area contributed by atoms with Crippen molar-refractivity contribution in [3.05, 3.63) is 22.7 Å². The molecule has 0 bridgehead atoms. The maximum atomic E-state index is 6.27. The summed E-state index contributed by atoms with van der Waals surface area (Å²) >= 11 is 6.23. The van der Waals surface area contributed by atoms with E-state index < -0.39 is 0 Å². The maximum absolute atomic E-state index is 6.27. The van der Waals surface area contributed by atoms with Crippen LogP contribution in [0.15, 0.2) is 12.1 Å². The van der Waals surface area contributed by atoms with Gasteiger partial charge in [-0.05, 0) is 51.1 Å². The summed E-state index contributed by atoms with van der Waals surface area (Å²) in [4.78, 5) is 0. The molecule has 1 aromatic rings. The number of halogens is 1. The zero-order valence-corrected chi connectivity index (χ0v) is 12.7. The van der Waals surface area contributed by atoms with E-state index in [1.54, 1.807) is 7.11 Å². The highest BCUT2D eigenvalue weighted by molar-refractivity contribution is 6.30. The Morgan fingerprint density at radius 3 is 2.60 bits per heavy atom. The van der Waals surface area contributed by atoms with E-state index in [1.165, 1.54) is 19.3 Å². The molecule has 1 atom stereocenters. The third-order valence-electron chi connectivity index (χ3n) is 4.29. The normalized spacial score (nSPS) is 23.2. The molecule has 1 aliphatic heterocycles. The Morgan fingerprint density at radius 2 is 1.95 bits per heavy atom. The van der Waals surface area contributed by atoms with Crippen molar-refractivity contribution in [2.45, 2.75) is 50.7 Å². The third-order valence-corrected chi connectivity index (χ3v) is 4.51. The maximum Gasteiger partial charge on any atom is 0.166 e. The highest BCUT2D eigenvalue weighted by Gasteiger charge is 2.26. The fourth-order valence-corrected chi connectivity index (χ4v) is 3.46. The molecule has 110 valence electrons. The summed E-state index contributed by atoms with van der Waals surface area (Å²) in [6, 6.07) is 4.21. The summed E-state index contributed by atoms with van der Waals surface area (Å²) in [7, 11) is 1.68. The van der Waals surface area contributed by atoms with E-state index in [4.69, 9.17) is 21.1 Å². The molecule has 3 nitrogen and oxygen atoms in total. The predicted molar refractivity (Wildman–Crippen MR) is 80.9 cm³/mol. The van der Waals surface area contributed by atoms with Crippen LogP contribution in [0.25, 0.3) is 0 Å². The molecular formula is C16H22ClNO2. The lowest BCUT2D eigenvalue weighted by Crippen LogP contribution is -2.18. The van der Waals surface area contributed by atoms with Crippen LogP contribution in [-0.2, 0) is 0 Å². The van der Waals surface area contributed by atoms with Crippen molar-refractivity contribution >= 4 is 11.6 Å². The van der Waals surface area contributed by atoms with Gasteiger partial charge in [-0.25, -0.2) is 0 Å². The minimum atomic E-state index is 0.324. The molecule has 2 fully saturated rings. The van der Waals surface area contributed by atoms with Gasteiger partial charge < -0.3 is 14.8 Å². The highest BCUT2D eigenvalue weighted by Crippen LogP contribution is 2.42. The molecule has 3 rings (SSSR count). The molecule has 1 unspecified atom stereocenters. The van der Waals surface area contributed by atoms with Gasteiger partial charge in [-0.15, -0.1) is 0 Å². The Kier molecular flexibility index (Phi) is 4.37. The van der Waals surface area contributed by atoms with Crippen LogP contribution in [0.2, 0.25) is 5.02 Å². The van der Waals surface area contributed by atoms with Crippen molar-refractivity contribution in [2.75, 3.05) is 13.7 Å². The molecule has 0 radical (unpaired) electrons. The second kappa shape index (κ2) is 6.23. The summed E-state index contributed by atoms with van der Waals surface area (Å²) in [5.41, 5.74) is 1.15. The smallest absolute Gasteiger partial charge is 0.166 e. The van der Waals surface area contributed by atoms with Crippen LogP contribution in [-0.4, -0.2) is 19.8 Å². The number of ether oxygens (including phenoxy) is 2. The molecule has 1 saturated heterocycles. The summed E-state index contributed by atoms with van der Waals surface area (Å²) < 4.78 is 11.8. The summed E-state index contributed by atoms with van der Waals surface area (Å²) in [5, 5.41) is 4.23. The number of nitrogens with one attached hydrogen (secondary N) is 1. The second-order valence-corrected chi connectivity index (χ2v) is 6.14. The number of hydrogen-bond acceptors (Lipinski definition) is 3. The zero-order valence-electron chi connectivity index (χ0n) is 12.0. The van der Waals surface area contributed by atoms with Crippen molar-refractivity contribution < 1.29 is 9.47 Å². The second-order valence-electron chi connectivity index (χ2n) is 5.70. The average Bonchev–Trinajstić information content (AvgIpc) is 3.12. The van der Waals surface area contributed by atoms with Crippen molar-refractivity contribution in [1.29, 1.82) is 0 Å². The fourth-order valence-electron chi connectivity index (χ4n) is 3.25. The molecule has 1 saturated carbocycles. The van der Waals surface area contributed by atoms with Crippen LogP contribution >= 0.6 is 11.6 Å². The van der Waals surface area contributed by atoms with Gasteiger partial charge in [-0.3, -0.25) is 0 Å². The average molecular weight is 296 g/mol. The van der Waals surface area contributed by atoms with Gasteiger partial charge in [0.15, 0.2) is 11.5 Å². The minimum Gasteiger partial charge on any atom is -0.493 e. The Bertz CT molecular complexity index is 466. The van der Waals surface area contributed by atoms with Gasteiger partial charge in [0.25, 0.3) is 0 Å². The highest BCUT2D eigenvalue weighted by atomic mass is 35.5. The van der Waals surface area contributed by atoms with Gasteiger partial charge in [0.05, 0.1) is 13.2 Å².